The predicted molar refractivity (Wildman–Crippen MR) is 94.2 cm³/mol. The Labute approximate surface area is 146 Å². The van der Waals surface area contributed by atoms with Crippen molar-refractivity contribution in [1.29, 1.82) is 0 Å². The highest BCUT2D eigenvalue weighted by atomic mass is 16.2. The van der Waals surface area contributed by atoms with Crippen LogP contribution in [-0.4, -0.2) is 29.7 Å². The molecule has 0 aromatic heterocycles. The van der Waals surface area contributed by atoms with Gasteiger partial charge >= 0.3 is 6.03 Å². The molecule has 2 rings (SSSR count). The predicted octanol–water partition coefficient (Wildman–Crippen LogP) is 2.24. The molecule has 1 atom stereocenters. The molecule has 1 unspecified atom stereocenters. The lowest BCUT2D eigenvalue weighted by Crippen LogP contribution is -2.49. The number of hydrogen-bond donors (Lipinski definition) is 2. The molecule has 1 aromatic rings. The van der Waals surface area contributed by atoms with E-state index in [-0.39, 0.29) is 5.78 Å². The number of amides is 4. The molecule has 0 fully saturated rings. The van der Waals surface area contributed by atoms with Crippen molar-refractivity contribution in [2.45, 2.75) is 33.7 Å². The molecule has 1 heterocycles. The number of benzene rings is 1. The first-order valence-electron chi connectivity index (χ1n) is 7.84. The van der Waals surface area contributed by atoms with Crippen molar-refractivity contribution in [2.75, 3.05) is 10.2 Å². The summed E-state index contributed by atoms with van der Waals surface area (Å²) >= 11 is 0. The summed E-state index contributed by atoms with van der Waals surface area (Å²) in [5.74, 6) is -0.938. The molecule has 0 saturated heterocycles. The number of carbonyl (C=O) groups excluding carboxylic acids is 4. The topological polar surface area (TPSA) is 95.6 Å². The van der Waals surface area contributed by atoms with E-state index < -0.39 is 29.3 Å². The van der Waals surface area contributed by atoms with E-state index in [1.165, 1.54) is 19.1 Å². The van der Waals surface area contributed by atoms with E-state index >= 15 is 0 Å². The SMILES string of the molecule is CC(=O)C(NC(=O)Nc1ccc(N2C(=O)C=CC2=O)cc1)C(C)(C)C. The third kappa shape index (κ3) is 4.32. The average molecular weight is 343 g/mol. The number of carbonyl (C=O) groups is 4. The van der Waals surface area contributed by atoms with E-state index in [0.717, 1.165) is 4.90 Å². The number of rotatable bonds is 4. The highest BCUT2D eigenvalue weighted by molar-refractivity contribution is 6.28. The Morgan fingerprint density at radius 2 is 1.52 bits per heavy atom. The molecule has 132 valence electrons. The molecular weight excluding hydrogens is 322 g/mol. The fourth-order valence-electron chi connectivity index (χ4n) is 2.57. The quantitative estimate of drug-likeness (QED) is 0.820. The number of urea groups is 1. The number of nitrogens with one attached hydrogen (secondary N) is 2. The van der Waals surface area contributed by atoms with E-state index in [9.17, 15) is 19.2 Å². The number of imide groups is 1. The van der Waals surface area contributed by atoms with Crippen LogP contribution in [-0.2, 0) is 14.4 Å². The third-order valence-corrected chi connectivity index (χ3v) is 3.74. The Morgan fingerprint density at radius 1 is 1.00 bits per heavy atom. The van der Waals surface area contributed by atoms with Crippen molar-refractivity contribution in [1.82, 2.24) is 5.32 Å². The molecule has 0 saturated carbocycles. The van der Waals surface area contributed by atoms with Gasteiger partial charge in [-0.2, -0.15) is 0 Å². The summed E-state index contributed by atoms with van der Waals surface area (Å²) in [7, 11) is 0. The zero-order valence-corrected chi connectivity index (χ0v) is 14.6. The Balaban J connectivity index is 2.04. The van der Waals surface area contributed by atoms with E-state index in [4.69, 9.17) is 0 Å². The van der Waals surface area contributed by atoms with Crippen LogP contribution in [0.1, 0.15) is 27.7 Å². The highest BCUT2D eigenvalue weighted by Crippen LogP contribution is 2.22. The molecular formula is C18H21N3O4. The molecule has 7 nitrogen and oxygen atoms in total. The molecule has 25 heavy (non-hydrogen) atoms. The Morgan fingerprint density at radius 3 is 1.96 bits per heavy atom. The van der Waals surface area contributed by atoms with Gasteiger partial charge in [0.2, 0.25) is 0 Å². The second kappa shape index (κ2) is 6.88. The standard InChI is InChI=1S/C18H21N3O4/c1-11(22)16(18(2,3)4)20-17(25)19-12-5-7-13(8-6-12)21-14(23)9-10-15(21)24/h5-10,16H,1-4H3,(H2,19,20,25). The summed E-state index contributed by atoms with van der Waals surface area (Å²) in [6.07, 6.45) is 2.41. The van der Waals surface area contributed by atoms with Crippen LogP contribution >= 0.6 is 0 Å². The minimum atomic E-state index is -0.613. The first-order chi connectivity index (χ1) is 11.6. The van der Waals surface area contributed by atoms with Crippen LogP contribution in [0.15, 0.2) is 36.4 Å². The van der Waals surface area contributed by atoms with Gasteiger partial charge in [0.1, 0.15) is 0 Å². The lowest BCUT2D eigenvalue weighted by Gasteiger charge is -2.29. The molecule has 2 N–H and O–H groups in total. The van der Waals surface area contributed by atoms with Crippen LogP contribution < -0.4 is 15.5 Å². The van der Waals surface area contributed by atoms with Gasteiger partial charge in [-0.05, 0) is 36.6 Å². The molecule has 0 spiro atoms. The Kier molecular flexibility index (Phi) is 5.06. The van der Waals surface area contributed by atoms with Crippen LogP contribution in [0.5, 0.6) is 0 Å². The zero-order chi connectivity index (χ0) is 18.8. The van der Waals surface area contributed by atoms with Gasteiger partial charge < -0.3 is 10.6 Å². The van der Waals surface area contributed by atoms with Crippen molar-refractivity contribution < 1.29 is 19.2 Å². The number of hydrogen-bond acceptors (Lipinski definition) is 4. The van der Waals surface area contributed by atoms with Crippen LogP contribution in [0.2, 0.25) is 0 Å². The molecule has 7 heteroatoms. The van der Waals surface area contributed by atoms with Gasteiger partial charge in [-0.1, -0.05) is 20.8 Å². The summed E-state index contributed by atoms with van der Waals surface area (Å²) in [5, 5.41) is 5.29. The number of Topliss-reactive ketones (excluding diaryl/α,β-unsaturated/α-hetero) is 1. The van der Waals surface area contributed by atoms with Gasteiger partial charge in [0, 0.05) is 17.8 Å². The minimum Gasteiger partial charge on any atom is -0.328 e. The average Bonchev–Trinajstić information content (AvgIpc) is 2.83. The molecule has 4 amide bonds. The number of nitrogens with zero attached hydrogens (tertiary/aromatic N) is 1. The summed E-state index contributed by atoms with van der Waals surface area (Å²) in [4.78, 5) is 48.1. The molecule has 1 aromatic carbocycles. The molecule has 0 bridgehead atoms. The van der Waals surface area contributed by atoms with Gasteiger partial charge in [0.25, 0.3) is 11.8 Å². The van der Waals surface area contributed by atoms with Crippen LogP contribution in [0.4, 0.5) is 16.2 Å². The third-order valence-electron chi connectivity index (χ3n) is 3.74. The molecule has 1 aliphatic rings. The smallest absolute Gasteiger partial charge is 0.319 e. The lowest BCUT2D eigenvalue weighted by molar-refractivity contribution is -0.121. The first-order valence-corrected chi connectivity index (χ1v) is 7.84. The summed E-state index contributed by atoms with van der Waals surface area (Å²) < 4.78 is 0. The lowest BCUT2D eigenvalue weighted by atomic mass is 9.84. The molecule has 1 aliphatic heterocycles. The second-order valence-corrected chi connectivity index (χ2v) is 6.90. The maximum absolute atomic E-state index is 12.1. The Hall–Kier alpha value is -2.96. The molecule has 0 aliphatic carbocycles. The zero-order valence-electron chi connectivity index (χ0n) is 14.6. The van der Waals surface area contributed by atoms with E-state index in [0.29, 0.717) is 11.4 Å². The fourth-order valence-corrected chi connectivity index (χ4v) is 2.57. The second-order valence-electron chi connectivity index (χ2n) is 6.90. The van der Waals surface area contributed by atoms with E-state index in [1.807, 2.05) is 20.8 Å². The molecule has 0 radical (unpaired) electrons. The number of ketones is 1. The number of anilines is 2. The largest absolute Gasteiger partial charge is 0.328 e. The van der Waals surface area contributed by atoms with Gasteiger partial charge in [0.05, 0.1) is 11.7 Å². The van der Waals surface area contributed by atoms with Gasteiger partial charge in [0.15, 0.2) is 5.78 Å². The maximum Gasteiger partial charge on any atom is 0.319 e. The fraction of sp³-hybridized carbons (Fsp3) is 0.333. The summed E-state index contributed by atoms with van der Waals surface area (Å²) in [6.45, 7) is 7.04. The monoisotopic (exact) mass is 343 g/mol. The van der Waals surface area contributed by atoms with Crippen molar-refractivity contribution in [2.24, 2.45) is 5.41 Å². The summed E-state index contributed by atoms with van der Waals surface area (Å²) in [6, 6.07) is 5.16. The first kappa shape index (κ1) is 18.4. The van der Waals surface area contributed by atoms with E-state index in [1.54, 1.807) is 24.3 Å². The van der Waals surface area contributed by atoms with Gasteiger partial charge in [-0.25, -0.2) is 9.69 Å². The van der Waals surface area contributed by atoms with Crippen LogP contribution in [0.25, 0.3) is 0 Å². The van der Waals surface area contributed by atoms with Crippen molar-refractivity contribution in [3.63, 3.8) is 0 Å². The summed E-state index contributed by atoms with van der Waals surface area (Å²) in [5.41, 5.74) is 0.489. The van der Waals surface area contributed by atoms with Crippen LogP contribution in [0.3, 0.4) is 0 Å². The normalized spacial score (nSPS) is 15.3. The van der Waals surface area contributed by atoms with Gasteiger partial charge in [-0.3, -0.25) is 14.4 Å². The van der Waals surface area contributed by atoms with Crippen LogP contribution in [0, 0.1) is 5.41 Å². The van der Waals surface area contributed by atoms with Gasteiger partial charge in [-0.15, -0.1) is 0 Å². The van der Waals surface area contributed by atoms with E-state index in [2.05, 4.69) is 10.6 Å². The minimum absolute atomic E-state index is 0.128. The Bertz CT molecular complexity index is 727. The van der Waals surface area contributed by atoms with Crippen molar-refractivity contribution in [3.8, 4) is 0 Å². The highest BCUT2D eigenvalue weighted by Gasteiger charge is 2.30. The maximum atomic E-state index is 12.1. The van der Waals surface area contributed by atoms with Crippen molar-refractivity contribution in [3.05, 3.63) is 36.4 Å². The van der Waals surface area contributed by atoms with Crippen molar-refractivity contribution >= 4 is 35.0 Å².